The van der Waals surface area contributed by atoms with Crippen molar-refractivity contribution in [2.45, 2.75) is 73.6 Å². The van der Waals surface area contributed by atoms with Gasteiger partial charge in [0.05, 0.1) is 0 Å². The summed E-state index contributed by atoms with van der Waals surface area (Å²) in [5.41, 5.74) is 11.9. The number of hydrogen-bond acceptors (Lipinski definition) is 1. The summed E-state index contributed by atoms with van der Waals surface area (Å²) in [5, 5.41) is 0. The summed E-state index contributed by atoms with van der Waals surface area (Å²) in [4.78, 5) is 13.0. The Balaban J connectivity index is 1.55. The minimum absolute atomic E-state index is 0.120. The molecule has 0 heterocycles. The van der Waals surface area contributed by atoms with Gasteiger partial charge in [0.2, 0.25) is 0 Å². The predicted octanol–water partition coefficient (Wildman–Crippen LogP) is 7.80. The normalized spacial score (nSPS) is 27.7. The lowest BCUT2D eigenvalue weighted by molar-refractivity contribution is 0.104. The van der Waals surface area contributed by atoms with Gasteiger partial charge in [0.15, 0.2) is 5.78 Å². The fraction of sp³-hybridized carbons (Fsp3) is 0.483. The summed E-state index contributed by atoms with van der Waals surface area (Å²) in [6.45, 7) is 15.7. The molecule has 0 saturated heterocycles. The van der Waals surface area contributed by atoms with Crippen LogP contribution in [-0.2, 0) is 0 Å². The van der Waals surface area contributed by atoms with E-state index in [-0.39, 0.29) is 5.78 Å². The second-order valence-corrected chi connectivity index (χ2v) is 9.86. The lowest BCUT2D eigenvalue weighted by atomic mass is 9.93. The highest BCUT2D eigenvalue weighted by atomic mass is 16.1. The van der Waals surface area contributed by atoms with Gasteiger partial charge in [0.1, 0.15) is 0 Å². The van der Waals surface area contributed by atoms with E-state index in [2.05, 4.69) is 72.8 Å². The van der Waals surface area contributed by atoms with Crippen LogP contribution in [0.3, 0.4) is 0 Å². The smallest absolute Gasteiger partial charge is 0.186 e. The number of carbonyl (C=O) groups is 1. The molecule has 1 nitrogen and oxygen atoms in total. The number of hydrogen-bond donors (Lipinski definition) is 0. The third-order valence-electron chi connectivity index (χ3n) is 7.98. The van der Waals surface area contributed by atoms with Crippen molar-refractivity contribution in [2.75, 3.05) is 0 Å². The summed E-state index contributed by atoms with van der Waals surface area (Å²) in [5.74, 6) is 2.67. The van der Waals surface area contributed by atoms with E-state index in [9.17, 15) is 4.79 Å². The van der Waals surface area contributed by atoms with E-state index in [1.165, 1.54) is 40.7 Å². The topological polar surface area (TPSA) is 17.1 Å². The molecule has 2 fully saturated rings. The van der Waals surface area contributed by atoms with Gasteiger partial charge in [-0.3, -0.25) is 4.79 Å². The van der Waals surface area contributed by atoms with E-state index in [4.69, 9.17) is 0 Å². The van der Waals surface area contributed by atoms with Gasteiger partial charge >= 0.3 is 0 Å². The summed E-state index contributed by atoms with van der Waals surface area (Å²) in [7, 11) is 0. The van der Waals surface area contributed by atoms with Crippen LogP contribution in [0.25, 0.3) is 0 Å². The third kappa shape index (κ3) is 3.68. The SMILES string of the molecule is CCC(=C1CC1)C1=C(C)C(C)C(/C=C/C(=O)c2cc(C)c(C3C(C)C3C)cc2C)=C1. The van der Waals surface area contributed by atoms with Gasteiger partial charge in [0.25, 0.3) is 0 Å². The third-order valence-corrected chi connectivity index (χ3v) is 7.98. The van der Waals surface area contributed by atoms with Crippen LogP contribution in [0.5, 0.6) is 0 Å². The van der Waals surface area contributed by atoms with Crippen LogP contribution in [0, 0.1) is 31.6 Å². The van der Waals surface area contributed by atoms with E-state index in [1.54, 1.807) is 17.2 Å². The van der Waals surface area contributed by atoms with Gasteiger partial charge < -0.3 is 0 Å². The molecule has 0 aromatic heterocycles. The van der Waals surface area contributed by atoms with Gasteiger partial charge in [-0.05, 0) is 103 Å². The van der Waals surface area contributed by atoms with Crippen molar-refractivity contribution >= 4 is 5.78 Å². The maximum Gasteiger partial charge on any atom is 0.186 e. The molecule has 3 aliphatic carbocycles. The fourth-order valence-corrected chi connectivity index (χ4v) is 5.36. The number of rotatable bonds is 6. The molecule has 0 radical (unpaired) electrons. The minimum atomic E-state index is 0.120. The van der Waals surface area contributed by atoms with Gasteiger partial charge in [-0.1, -0.05) is 57.1 Å². The average molecular weight is 401 g/mol. The van der Waals surface area contributed by atoms with Crippen molar-refractivity contribution in [1.82, 2.24) is 0 Å². The van der Waals surface area contributed by atoms with Crippen molar-refractivity contribution in [1.29, 1.82) is 0 Å². The summed E-state index contributed by atoms with van der Waals surface area (Å²) in [6.07, 6.45) is 9.80. The number of aryl methyl sites for hydroxylation is 2. The van der Waals surface area contributed by atoms with Crippen LogP contribution in [-0.4, -0.2) is 5.78 Å². The Bertz CT molecular complexity index is 1010. The molecule has 30 heavy (non-hydrogen) atoms. The zero-order valence-electron chi connectivity index (χ0n) is 19.7. The standard InChI is InChI=1S/C29H36O/c1-8-24(22-9-10-22)27-15-23(18(4)19(27)5)11-12-28(30)25-13-17(3)26(14-16(25)2)29-20(6)21(29)7/h11-15,18,20-21,29H,8-10H2,1-7H3/b12-11+. The molecule has 4 rings (SSSR count). The van der Waals surface area contributed by atoms with Crippen LogP contribution in [0.15, 0.2) is 58.2 Å². The fourth-order valence-electron chi connectivity index (χ4n) is 5.36. The molecule has 158 valence electrons. The summed E-state index contributed by atoms with van der Waals surface area (Å²) >= 11 is 0. The molecule has 3 unspecified atom stereocenters. The minimum Gasteiger partial charge on any atom is -0.289 e. The Labute approximate surface area is 182 Å². The van der Waals surface area contributed by atoms with E-state index >= 15 is 0 Å². The average Bonchev–Trinajstić information content (AvgIpc) is 3.62. The molecular weight excluding hydrogens is 364 g/mol. The first kappa shape index (κ1) is 21.1. The molecule has 0 amide bonds. The van der Waals surface area contributed by atoms with E-state index in [0.717, 1.165) is 29.4 Å². The zero-order chi connectivity index (χ0) is 21.7. The number of allylic oxidation sites excluding steroid dienone is 8. The highest BCUT2D eigenvalue weighted by Crippen LogP contribution is 2.54. The van der Waals surface area contributed by atoms with Gasteiger partial charge in [0, 0.05) is 11.5 Å². The van der Waals surface area contributed by atoms with Crippen LogP contribution in [0.1, 0.15) is 86.8 Å². The first-order valence-corrected chi connectivity index (χ1v) is 11.7. The van der Waals surface area contributed by atoms with Crippen molar-refractivity contribution in [3.63, 3.8) is 0 Å². The molecule has 3 aliphatic rings. The molecule has 2 saturated carbocycles. The maximum atomic E-state index is 13.0. The number of benzene rings is 1. The first-order chi connectivity index (χ1) is 14.2. The Morgan fingerprint density at radius 3 is 2.27 bits per heavy atom. The van der Waals surface area contributed by atoms with Crippen molar-refractivity contribution < 1.29 is 4.79 Å². The summed E-state index contributed by atoms with van der Waals surface area (Å²) in [6, 6.07) is 4.38. The maximum absolute atomic E-state index is 13.0. The van der Waals surface area contributed by atoms with Crippen molar-refractivity contribution in [2.24, 2.45) is 17.8 Å². The largest absolute Gasteiger partial charge is 0.289 e. The molecule has 1 heteroatoms. The van der Waals surface area contributed by atoms with Crippen LogP contribution in [0.2, 0.25) is 0 Å². The monoisotopic (exact) mass is 400 g/mol. The van der Waals surface area contributed by atoms with Crippen LogP contribution >= 0.6 is 0 Å². The van der Waals surface area contributed by atoms with E-state index < -0.39 is 0 Å². The number of carbonyl (C=O) groups excluding carboxylic acids is 1. The first-order valence-electron chi connectivity index (χ1n) is 11.7. The van der Waals surface area contributed by atoms with Crippen LogP contribution in [0.4, 0.5) is 0 Å². The summed E-state index contributed by atoms with van der Waals surface area (Å²) < 4.78 is 0. The molecule has 0 spiro atoms. The van der Waals surface area contributed by atoms with Gasteiger partial charge in [-0.25, -0.2) is 0 Å². The molecule has 1 aromatic carbocycles. The Morgan fingerprint density at radius 2 is 1.70 bits per heavy atom. The molecular formula is C29H36O. The molecule has 0 N–H and O–H groups in total. The van der Waals surface area contributed by atoms with E-state index in [1.807, 2.05) is 0 Å². The lowest BCUT2D eigenvalue weighted by Crippen LogP contribution is -2.02. The lowest BCUT2D eigenvalue weighted by Gasteiger charge is -2.11. The Hall–Kier alpha value is -2.15. The van der Waals surface area contributed by atoms with Gasteiger partial charge in [-0.15, -0.1) is 0 Å². The Morgan fingerprint density at radius 1 is 1.03 bits per heavy atom. The quantitative estimate of drug-likeness (QED) is 0.351. The highest BCUT2D eigenvalue weighted by molar-refractivity contribution is 6.06. The molecule has 0 aliphatic heterocycles. The van der Waals surface area contributed by atoms with Crippen LogP contribution < -0.4 is 0 Å². The Kier molecular flexibility index (Phi) is 5.51. The van der Waals surface area contributed by atoms with Crippen molar-refractivity contribution in [3.05, 3.63) is 80.5 Å². The zero-order valence-corrected chi connectivity index (χ0v) is 19.7. The molecule has 1 aromatic rings. The van der Waals surface area contributed by atoms with E-state index in [0.29, 0.717) is 11.8 Å². The highest BCUT2D eigenvalue weighted by Gasteiger charge is 2.44. The second kappa shape index (κ2) is 7.84. The number of ketones is 1. The molecule has 3 atom stereocenters. The van der Waals surface area contributed by atoms with Crippen molar-refractivity contribution in [3.8, 4) is 0 Å². The molecule has 0 bridgehead atoms. The second-order valence-electron chi connectivity index (χ2n) is 9.86. The van der Waals surface area contributed by atoms with Gasteiger partial charge in [-0.2, -0.15) is 0 Å². The predicted molar refractivity (Wildman–Crippen MR) is 127 cm³/mol.